The molecule has 20 heavy (non-hydrogen) atoms. The van der Waals surface area contributed by atoms with Gasteiger partial charge in [0.15, 0.2) is 6.79 Å². The number of carbonyl (C=O) groups excluding carboxylic acids is 1. The van der Waals surface area contributed by atoms with Crippen LogP contribution in [-0.2, 0) is 28.5 Å². The van der Waals surface area contributed by atoms with Crippen molar-refractivity contribution < 1.29 is 28.5 Å². The van der Waals surface area contributed by atoms with Crippen LogP contribution in [0.3, 0.4) is 0 Å². The molecule has 0 radical (unpaired) electrons. The normalized spacial score (nSPS) is 30.2. The van der Waals surface area contributed by atoms with Gasteiger partial charge in [0.05, 0.1) is 19.8 Å². The molecule has 0 aromatic carbocycles. The SMILES string of the molecule is CCC(=O)OC1(C(C)(C)C)OCOCC12COCOC2. The van der Waals surface area contributed by atoms with Crippen LogP contribution in [0.4, 0.5) is 0 Å². The van der Waals surface area contributed by atoms with Crippen LogP contribution in [0.1, 0.15) is 34.1 Å². The van der Waals surface area contributed by atoms with Crippen LogP contribution < -0.4 is 0 Å². The lowest BCUT2D eigenvalue weighted by Crippen LogP contribution is -2.69. The molecule has 6 heteroatoms. The van der Waals surface area contributed by atoms with Gasteiger partial charge >= 0.3 is 5.97 Å². The first-order chi connectivity index (χ1) is 9.37. The Morgan fingerprint density at radius 1 is 1.10 bits per heavy atom. The molecule has 2 saturated heterocycles. The zero-order valence-electron chi connectivity index (χ0n) is 12.7. The van der Waals surface area contributed by atoms with Crippen LogP contribution >= 0.6 is 0 Å². The van der Waals surface area contributed by atoms with Gasteiger partial charge in [-0.15, -0.1) is 0 Å². The first-order valence-electron chi connectivity index (χ1n) is 6.96. The molecule has 1 spiro atoms. The summed E-state index contributed by atoms with van der Waals surface area (Å²) >= 11 is 0. The minimum Gasteiger partial charge on any atom is -0.431 e. The average molecular weight is 288 g/mol. The van der Waals surface area contributed by atoms with Crippen molar-refractivity contribution in [2.24, 2.45) is 10.8 Å². The fraction of sp³-hybridized carbons (Fsp3) is 0.929. The van der Waals surface area contributed by atoms with Gasteiger partial charge in [0, 0.05) is 11.8 Å². The number of hydrogen-bond donors (Lipinski definition) is 0. The van der Waals surface area contributed by atoms with Gasteiger partial charge in [0.25, 0.3) is 0 Å². The van der Waals surface area contributed by atoms with Crippen LogP contribution in [0, 0.1) is 10.8 Å². The van der Waals surface area contributed by atoms with E-state index >= 15 is 0 Å². The molecule has 0 aliphatic carbocycles. The molecular formula is C14H24O6. The molecule has 0 N–H and O–H groups in total. The lowest BCUT2D eigenvalue weighted by molar-refractivity contribution is -0.416. The molecule has 6 nitrogen and oxygen atoms in total. The topological polar surface area (TPSA) is 63.2 Å². The Morgan fingerprint density at radius 3 is 2.15 bits per heavy atom. The predicted molar refractivity (Wildman–Crippen MR) is 69.7 cm³/mol. The van der Waals surface area contributed by atoms with E-state index in [2.05, 4.69) is 0 Å². The third-order valence-electron chi connectivity index (χ3n) is 3.88. The van der Waals surface area contributed by atoms with E-state index in [0.717, 1.165) is 0 Å². The van der Waals surface area contributed by atoms with Gasteiger partial charge in [-0.2, -0.15) is 0 Å². The predicted octanol–water partition coefficient (Wildman–Crippen LogP) is 1.68. The monoisotopic (exact) mass is 288 g/mol. The second-order valence-corrected chi connectivity index (χ2v) is 6.40. The molecule has 0 bridgehead atoms. The molecule has 2 aliphatic heterocycles. The molecule has 0 amide bonds. The molecule has 116 valence electrons. The van der Waals surface area contributed by atoms with Crippen molar-refractivity contribution in [2.75, 3.05) is 33.4 Å². The summed E-state index contributed by atoms with van der Waals surface area (Å²) in [7, 11) is 0. The Hall–Kier alpha value is -0.690. The average Bonchev–Trinajstić information content (AvgIpc) is 2.41. The van der Waals surface area contributed by atoms with Crippen molar-refractivity contribution in [3.63, 3.8) is 0 Å². The zero-order chi connectivity index (χ0) is 14.9. The highest BCUT2D eigenvalue weighted by molar-refractivity contribution is 5.69. The zero-order valence-corrected chi connectivity index (χ0v) is 12.7. The van der Waals surface area contributed by atoms with Crippen LogP contribution in [0.2, 0.25) is 0 Å². The molecule has 2 fully saturated rings. The smallest absolute Gasteiger partial charge is 0.308 e. The fourth-order valence-electron chi connectivity index (χ4n) is 2.99. The van der Waals surface area contributed by atoms with E-state index in [1.807, 2.05) is 20.8 Å². The van der Waals surface area contributed by atoms with Crippen molar-refractivity contribution in [1.29, 1.82) is 0 Å². The highest BCUT2D eigenvalue weighted by Gasteiger charge is 2.65. The van der Waals surface area contributed by atoms with Crippen molar-refractivity contribution in [2.45, 2.75) is 39.9 Å². The van der Waals surface area contributed by atoms with E-state index in [-0.39, 0.29) is 19.6 Å². The van der Waals surface area contributed by atoms with E-state index < -0.39 is 16.6 Å². The first kappa shape index (κ1) is 15.7. The molecule has 2 rings (SSSR count). The summed E-state index contributed by atoms with van der Waals surface area (Å²) < 4.78 is 28.0. The third-order valence-corrected chi connectivity index (χ3v) is 3.88. The maximum absolute atomic E-state index is 11.9. The Balaban J connectivity index is 2.41. The molecule has 2 aliphatic rings. The summed E-state index contributed by atoms with van der Waals surface area (Å²) in [5, 5.41) is 0. The molecule has 0 aromatic rings. The van der Waals surface area contributed by atoms with E-state index in [0.29, 0.717) is 26.2 Å². The lowest BCUT2D eigenvalue weighted by atomic mass is 9.67. The van der Waals surface area contributed by atoms with Gasteiger partial charge in [-0.25, -0.2) is 0 Å². The summed E-state index contributed by atoms with van der Waals surface area (Å²) in [5.41, 5.74) is -1.09. The summed E-state index contributed by atoms with van der Waals surface area (Å²) in [5.74, 6) is -1.42. The quantitative estimate of drug-likeness (QED) is 0.720. The van der Waals surface area contributed by atoms with Gasteiger partial charge < -0.3 is 23.7 Å². The number of ether oxygens (including phenoxy) is 5. The highest BCUT2D eigenvalue weighted by Crippen LogP contribution is 2.51. The molecule has 1 unspecified atom stereocenters. The maximum Gasteiger partial charge on any atom is 0.308 e. The van der Waals surface area contributed by atoms with E-state index in [4.69, 9.17) is 23.7 Å². The van der Waals surface area contributed by atoms with E-state index in [1.54, 1.807) is 6.92 Å². The van der Waals surface area contributed by atoms with Crippen LogP contribution in [0.5, 0.6) is 0 Å². The minimum atomic E-state index is -1.12. The second-order valence-electron chi connectivity index (χ2n) is 6.40. The van der Waals surface area contributed by atoms with E-state index in [9.17, 15) is 4.79 Å². The molecular weight excluding hydrogens is 264 g/mol. The highest BCUT2D eigenvalue weighted by atomic mass is 16.8. The van der Waals surface area contributed by atoms with Crippen LogP contribution in [-0.4, -0.2) is 45.2 Å². The van der Waals surface area contributed by atoms with Gasteiger partial charge in [-0.05, 0) is 0 Å². The standard InChI is InChI=1S/C14H24O6/c1-5-11(15)20-14(12(2,3)4)13(8-18-10-19-14)6-16-9-17-7-13/h5-10H2,1-4H3. The van der Waals surface area contributed by atoms with Gasteiger partial charge in [-0.1, -0.05) is 27.7 Å². The number of hydrogen-bond acceptors (Lipinski definition) is 6. The number of carbonyl (C=O) groups is 1. The summed E-state index contributed by atoms with van der Waals surface area (Å²) in [6.45, 7) is 9.18. The lowest BCUT2D eigenvalue weighted by Gasteiger charge is -2.57. The van der Waals surface area contributed by atoms with Crippen molar-refractivity contribution in [3.05, 3.63) is 0 Å². The molecule has 0 saturated carbocycles. The number of rotatable bonds is 2. The Kier molecular flexibility index (Phi) is 4.39. The van der Waals surface area contributed by atoms with Crippen LogP contribution in [0.15, 0.2) is 0 Å². The van der Waals surface area contributed by atoms with Gasteiger partial charge in [-0.3, -0.25) is 4.79 Å². The summed E-state index contributed by atoms with van der Waals surface area (Å²) in [6, 6.07) is 0. The molecule has 2 heterocycles. The summed E-state index contributed by atoms with van der Waals surface area (Å²) in [6.07, 6.45) is 0.292. The third kappa shape index (κ3) is 2.45. The Bertz CT molecular complexity index is 347. The van der Waals surface area contributed by atoms with Gasteiger partial charge in [0.2, 0.25) is 5.79 Å². The summed E-state index contributed by atoms with van der Waals surface area (Å²) in [4.78, 5) is 11.9. The van der Waals surface area contributed by atoms with Crippen molar-refractivity contribution in [1.82, 2.24) is 0 Å². The Morgan fingerprint density at radius 2 is 1.65 bits per heavy atom. The largest absolute Gasteiger partial charge is 0.431 e. The Labute approximate surface area is 119 Å². The number of esters is 1. The first-order valence-corrected chi connectivity index (χ1v) is 6.96. The fourth-order valence-corrected chi connectivity index (χ4v) is 2.99. The second kappa shape index (κ2) is 5.60. The van der Waals surface area contributed by atoms with Crippen molar-refractivity contribution in [3.8, 4) is 0 Å². The van der Waals surface area contributed by atoms with Gasteiger partial charge in [0.1, 0.15) is 12.2 Å². The molecule has 1 atom stereocenters. The van der Waals surface area contributed by atoms with Crippen LogP contribution in [0.25, 0.3) is 0 Å². The molecule has 0 aromatic heterocycles. The minimum absolute atomic E-state index is 0.0933. The van der Waals surface area contributed by atoms with E-state index in [1.165, 1.54) is 0 Å². The maximum atomic E-state index is 11.9. The van der Waals surface area contributed by atoms with Crippen molar-refractivity contribution >= 4 is 5.97 Å².